The number of anilines is 1. The van der Waals surface area contributed by atoms with Crippen LogP contribution < -0.4 is 5.32 Å². The highest BCUT2D eigenvalue weighted by atomic mass is 15.1. The summed E-state index contributed by atoms with van der Waals surface area (Å²) >= 11 is 0. The minimum absolute atomic E-state index is 0.785. The number of aromatic nitrogens is 4. The first-order chi connectivity index (χ1) is 9.42. The number of hydrogen-bond donors (Lipinski definition) is 1. The van der Waals surface area contributed by atoms with Gasteiger partial charge in [0, 0.05) is 18.9 Å². The molecule has 5 nitrogen and oxygen atoms in total. The van der Waals surface area contributed by atoms with E-state index in [-0.39, 0.29) is 0 Å². The van der Waals surface area contributed by atoms with Crippen molar-refractivity contribution >= 4 is 5.82 Å². The van der Waals surface area contributed by atoms with E-state index in [1.54, 1.807) is 24.9 Å². The molecule has 2 aromatic rings. The van der Waals surface area contributed by atoms with Crippen LogP contribution in [0.2, 0.25) is 0 Å². The normalized spacial score (nSPS) is 16.4. The van der Waals surface area contributed by atoms with Crippen LogP contribution in [-0.4, -0.2) is 26.1 Å². The van der Waals surface area contributed by atoms with Crippen LogP contribution in [0.5, 0.6) is 0 Å². The van der Waals surface area contributed by atoms with Gasteiger partial charge >= 0.3 is 0 Å². The lowest BCUT2D eigenvalue weighted by Crippen LogP contribution is -2.18. The molecule has 0 bridgehead atoms. The number of imidazole rings is 1. The van der Waals surface area contributed by atoms with Crippen molar-refractivity contribution in [2.45, 2.75) is 32.1 Å². The lowest BCUT2D eigenvalue weighted by molar-refractivity contribution is 0.373. The highest BCUT2D eigenvalue weighted by Crippen LogP contribution is 2.23. The van der Waals surface area contributed by atoms with Crippen LogP contribution in [0.4, 0.5) is 5.82 Å². The van der Waals surface area contributed by atoms with Gasteiger partial charge < -0.3 is 5.32 Å². The van der Waals surface area contributed by atoms with Crippen LogP contribution in [0.1, 0.15) is 32.1 Å². The van der Waals surface area contributed by atoms with E-state index in [0.717, 1.165) is 24.1 Å². The van der Waals surface area contributed by atoms with Crippen LogP contribution in [0.25, 0.3) is 5.82 Å². The molecule has 0 aromatic carbocycles. The maximum absolute atomic E-state index is 4.55. The van der Waals surface area contributed by atoms with Gasteiger partial charge in [-0.25, -0.2) is 9.97 Å². The molecule has 5 heteroatoms. The summed E-state index contributed by atoms with van der Waals surface area (Å²) in [7, 11) is 0. The van der Waals surface area contributed by atoms with E-state index in [4.69, 9.17) is 0 Å². The third-order valence-electron chi connectivity index (χ3n) is 3.69. The molecule has 2 aromatic heterocycles. The minimum atomic E-state index is 0.785. The zero-order chi connectivity index (χ0) is 12.9. The van der Waals surface area contributed by atoms with Crippen molar-refractivity contribution in [3.8, 4) is 5.82 Å². The van der Waals surface area contributed by atoms with Gasteiger partial charge in [-0.05, 0) is 18.8 Å². The summed E-state index contributed by atoms with van der Waals surface area (Å²) < 4.78 is 1.86. The van der Waals surface area contributed by atoms with Crippen molar-refractivity contribution in [3.05, 3.63) is 31.1 Å². The molecule has 0 spiro atoms. The molecule has 0 unspecified atom stereocenters. The summed E-state index contributed by atoms with van der Waals surface area (Å²) in [5, 5.41) is 3.41. The Hall–Kier alpha value is -1.91. The highest BCUT2D eigenvalue weighted by Gasteiger charge is 2.13. The zero-order valence-electron chi connectivity index (χ0n) is 11.0. The lowest BCUT2D eigenvalue weighted by Gasteiger charge is -2.21. The molecule has 1 aliphatic carbocycles. The molecule has 1 aliphatic rings. The van der Waals surface area contributed by atoms with Gasteiger partial charge in [-0.2, -0.15) is 0 Å². The first kappa shape index (κ1) is 12.1. The fourth-order valence-electron chi connectivity index (χ4n) is 2.60. The average Bonchev–Trinajstić information content (AvgIpc) is 3.01. The fourth-order valence-corrected chi connectivity index (χ4v) is 2.60. The molecular weight excluding hydrogens is 238 g/mol. The maximum Gasteiger partial charge on any atom is 0.158 e. The molecule has 1 N–H and O–H groups in total. The van der Waals surface area contributed by atoms with Crippen LogP contribution >= 0.6 is 0 Å². The summed E-state index contributed by atoms with van der Waals surface area (Å²) in [5.74, 6) is 2.43. The number of nitrogens with zero attached hydrogens (tertiary/aromatic N) is 4. The van der Waals surface area contributed by atoms with E-state index in [1.807, 2.05) is 10.8 Å². The van der Waals surface area contributed by atoms with E-state index >= 15 is 0 Å². The summed E-state index contributed by atoms with van der Waals surface area (Å²) in [5.41, 5.74) is 0. The number of hydrogen-bond acceptors (Lipinski definition) is 4. The molecule has 0 radical (unpaired) electrons. The fraction of sp³-hybridized carbons (Fsp3) is 0.500. The topological polar surface area (TPSA) is 55.6 Å². The Morgan fingerprint density at radius 1 is 1.16 bits per heavy atom. The minimum Gasteiger partial charge on any atom is -0.368 e. The summed E-state index contributed by atoms with van der Waals surface area (Å²) in [6.07, 6.45) is 15.7. The third kappa shape index (κ3) is 3.10. The van der Waals surface area contributed by atoms with E-state index in [2.05, 4.69) is 20.3 Å². The first-order valence-electron chi connectivity index (χ1n) is 6.96. The molecule has 1 fully saturated rings. The van der Waals surface area contributed by atoms with Gasteiger partial charge in [0.2, 0.25) is 0 Å². The molecule has 0 atom stereocenters. The van der Waals surface area contributed by atoms with Gasteiger partial charge in [0.1, 0.15) is 12.1 Å². The van der Waals surface area contributed by atoms with Gasteiger partial charge in [-0.1, -0.05) is 19.3 Å². The van der Waals surface area contributed by atoms with Gasteiger partial charge in [-0.3, -0.25) is 9.55 Å². The first-order valence-corrected chi connectivity index (χ1v) is 6.96. The van der Waals surface area contributed by atoms with Gasteiger partial charge in [0.05, 0.1) is 12.4 Å². The predicted molar refractivity (Wildman–Crippen MR) is 74.2 cm³/mol. The molecule has 0 amide bonds. The monoisotopic (exact) mass is 257 g/mol. The molecule has 3 rings (SSSR count). The van der Waals surface area contributed by atoms with E-state index in [9.17, 15) is 0 Å². The van der Waals surface area contributed by atoms with Crippen molar-refractivity contribution < 1.29 is 0 Å². The second-order valence-corrected chi connectivity index (χ2v) is 5.12. The highest BCUT2D eigenvalue weighted by molar-refractivity contribution is 5.35. The van der Waals surface area contributed by atoms with Crippen molar-refractivity contribution in [3.63, 3.8) is 0 Å². The smallest absolute Gasteiger partial charge is 0.158 e. The van der Waals surface area contributed by atoms with Crippen LogP contribution in [-0.2, 0) is 0 Å². The number of rotatable bonds is 4. The second kappa shape index (κ2) is 5.82. The van der Waals surface area contributed by atoms with Crippen molar-refractivity contribution in [1.82, 2.24) is 19.5 Å². The van der Waals surface area contributed by atoms with Gasteiger partial charge in [0.15, 0.2) is 5.82 Å². The predicted octanol–water partition coefficient (Wildman–Crippen LogP) is 2.65. The van der Waals surface area contributed by atoms with Gasteiger partial charge in [-0.15, -0.1) is 0 Å². The Balaban J connectivity index is 1.63. The maximum atomic E-state index is 4.55. The molecule has 0 aliphatic heterocycles. The van der Waals surface area contributed by atoms with Crippen LogP contribution in [0.3, 0.4) is 0 Å². The van der Waals surface area contributed by atoms with Crippen LogP contribution in [0.15, 0.2) is 31.1 Å². The largest absolute Gasteiger partial charge is 0.368 e. The third-order valence-corrected chi connectivity index (χ3v) is 3.69. The Kier molecular flexibility index (Phi) is 3.72. The van der Waals surface area contributed by atoms with Gasteiger partial charge in [0.25, 0.3) is 0 Å². The quantitative estimate of drug-likeness (QED) is 0.915. The molecule has 1 saturated carbocycles. The molecule has 19 heavy (non-hydrogen) atoms. The van der Waals surface area contributed by atoms with Crippen molar-refractivity contribution in [1.29, 1.82) is 0 Å². The lowest BCUT2D eigenvalue weighted by atomic mass is 9.89. The Labute approximate surface area is 113 Å². The average molecular weight is 257 g/mol. The van der Waals surface area contributed by atoms with E-state index < -0.39 is 0 Å². The van der Waals surface area contributed by atoms with Crippen molar-refractivity contribution in [2.75, 3.05) is 11.9 Å². The van der Waals surface area contributed by atoms with E-state index in [1.165, 1.54) is 32.1 Å². The van der Waals surface area contributed by atoms with Crippen LogP contribution in [0, 0.1) is 5.92 Å². The number of nitrogens with one attached hydrogen (secondary N) is 1. The molecular formula is C14H19N5. The van der Waals surface area contributed by atoms with E-state index in [0.29, 0.717) is 0 Å². The van der Waals surface area contributed by atoms with Crippen molar-refractivity contribution in [2.24, 2.45) is 5.92 Å². The SMILES string of the molecule is c1cn(-c2cncc(NCC3CCCCC3)n2)cn1. The second-order valence-electron chi connectivity index (χ2n) is 5.12. The summed E-state index contributed by atoms with van der Waals surface area (Å²) in [6.45, 7) is 1.00. The Bertz CT molecular complexity index is 502. The molecule has 2 heterocycles. The molecule has 0 saturated heterocycles. The zero-order valence-corrected chi connectivity index (χ0v) is 11.0. The summed E-state index contributed by atoms with van der Waals surface area (Å²) in [6, 6.07) is 0. The Morgan fingerprint density at radius 3 is 2.84 bits per heavy atom. The summed E-state index contributed by atoms with van der Waals surface area (Å²) in [4.78, 5) is 12.8. The standard InChI is InChI=1S/C14H19N5/c1-2-4-12(5-3-1)8-17-13-9-16-10-14(18-13)19-7-6-15-11-19/h6-7,9-12H,1-5,8H2,(H,17,18). The Morgan fingerprint density at radius 2 is 2.05 bits per heavy atom. The molecule has 100 valence electrons.